The second-order valence-electron chi connectivity index (χ2n) is 10.8. The minimum atomic E-state index is -1.32. The molecule has 12 nitrogen and oxygen atoms in total. The van der Waals surface area contributed by atoms with E-state index in [2.05, 4.69) is 15.6 Å². The molecule has 2 aromatic rings. The number of aryl methyl sites for hydroxylation is 1. The zero-order valence-corrected chi connectivity index (χ0v) is 24.1. The van der Waals surface area contributed by atoms with E-state index in [0.717, 1.165) is 5.56 Å². The van der Waals surface area contributed by atoms with Gasteiger partial charge in [-0.25, -0.2) is 9.59 Å². The van der Waals surface area contributed by atoms with Gasteiger partial charge in [-0.1, -0.05) is 42.8 Å². The van der Waals surface area contributed by atoms with Crippen molar-refractivity contribution in [1.29, 1.82) is 0 Å². The largest absolute Gasteiger partial charge is 0.463 e. The molecule has 13 heteroatoms. The Bertz CT molecular complexity index is 1230. The number of nitrogens with zero attached hydrogens (tertiary/aromatic N) is 3. The standard InChI is InChI=1S/C27H35ClN4O8/c1-15(2)23(33)39-22-16(3)38-25(35)21(29-26(36)40-27(4,5)6)14-37-24(34)19(22)10-11-32-13-20(30-31-32)17-8-7-9-18(28)12-17/h7-9,12-13,15-16,19,21-22H,10-11,14H2,1-6H3,(H,29,36). The van der Waals surface area contributed by atoms with Crippen LogP contribution in [-0.2, 0) is 39.9 Å². The van der Waals surface area contributed by atoms with Crippen LogP contribution in [0.1, 0.15) is 48.0 Å². The summed E-state index contributed by atoms with van der Waals surface area (Å²) in [4.78, 5) is 51.0. The molecule has 4 unspecified atom stereocenters. The van der Waals surface area contributed by atoms with Crippen molar-refractivity contribution < 1.29 is 38.1 Å². The molecule has 1 aliphatic heterocycles. The van der Waals surface area contributed by atoms with E-state index in [1.807, 2.05) is 6.07 Å². The van der Waals surface area contributed by atoms with Crippen molar-refractivity contribution in [2.24, 2.45) is 11.8 Å². The maximum Gasteiger partial charge on any atom is 0.408 e. The second kappa shape index (κ2) is 13.1. The average Bonchev–Trinajstić information content (AvgIpc) is 3.33. The van der Waals surface area contributed by atoms with Gasteiger partial charge in [0, 0.05) is 17.1 Å². The Hall–Kier alpha value is -3.67. The predicted octanol–water partition coefficient (Wildman–Crippen LogP) is 3.55. The van der Waals surface area contributed by atoms with E-state index in [9.17, 15) is 19.2 Å². The summed E-state index contributed by atoms with van der Waals surface area (Å²) in [6.07, 6.45) is -1.24. The number of aromatic nitrogens is 3. The third-order valence-electron chi connectivity index (χ3n) is 5.88. The van der Waals surface area contributed by atoms with Crippen LogP contribution in [0.5, 0.6) is 0 Å². The molecule has 218 valence electrons. The van der Waals surface area contributed by atoms with Gasteiger partial charge >= 0.3 is 24.0 Å². The van der Waals surface area contributed by atoms with Crippen LogP contribution in [0.15, 0.2) is 30.5 Å². The molecule has 2 heterocycles. The van der Waals surface area contributed by atoms with E-state index in [1.54, 1.807) is 63.7 Å². The van der Waals surface area contributed by atoms with Crippen LogP contribution >= 0.6 is 11.6 Å². The van der Waals surface area contributed by atoms with Crippen LogP contribution in [-0.4, -0.2) is 69.5 Å². The van der Waals surface area contributed by atoms with Gasteiger partial charge in [-0.2, -0.15) is 0 Å². The minimum Gasteiger partial charge on any atom is -0.463 e. The Morgan fingerprint density at radius 2 is 1.95 bits per heavy atom. The van der Waals surface area contributed by atoms with Crippen molar-refractivity contribution in [3.8, 4) is 11.3 Å². The van der Waals surface area contributed by atoms with Crippen molar-refractivity contribution in [3.05, 3.63) is 35.5 Å². The Morgan fingerprint density at radius 3 is 2.60 bits per heavy atom. The first-order valence-corrected chi connectivity index (χ1v) is 13.3. The number of benzene rings is 1. The number of cyclic esters (lactones) is 2. The molecule has 1 N–H and O–H groups in total. The number of esters is 3. The minimum absolute atomic E-state index is 0.124. The number of halogens is 1. The molecule has 3 rings (SSSR count). The highest BCUT2D eigenvalue weighted by Crippen LogP contribution is 2.25. The Labute approximate surface area is 237 Å². The quantitative estimate of drug-likeness (QED) is 0.382. The number of hydrogen-bond acceptors (Lipinski definition) is 10. The fourth-order valence-corrected chi connectivity index (χ4v) is 4.06. The normalized spacial score (nSPS) is 21.9. The molecule has 0 radical (unpaired) electrons. The van der Waals surface area contributed by atoms with Gasteiger partial charge < -0.3 is 24.3 Å². The van der Waals surface area contributed by atoms with Gasteiger partial charge in [-0.3, -0.25) is 14.3 Å². The maximum absolute atomic E-state index is 13.3. The lowest BCUT2D eigenvalue weighted by Gasteiger charge is -2.29. The monoisotopic (exact) mass is 578 g/mol. The summed E-state index contributed by atoms with van der Waals surface area (Å²) < 4.78 is 23.4. The van der Waals surface area contributed by atoms with E-state index < -0.39 is 66.3 Å². The second-order valence-corrected chi connectivity index (χ2v) is 11.2. The third-order valence-corrected chi connectivity index (χ3v) is 6.12. The summed E-state index contributed by atoms with van der Waals surface area (Å²) in [5.74, 6) is -3.66. The lowest BCUT2D eigenvalue weighted by molar-refractivity contribution is -0.177. The molecule has 0 bridgehead atoms. The molecule has 0 spiro atoms. The molecule has 1 aromatic heterocycles. The molecule has 1 fully saturated rings. The number of amides is 1. The SMILES string of the molecule is CC(C)C(=O)OC1C(C)OC(=O)C(NC(=O)OC(C)(C)C)COC(=O)C1CCn1cc(-c2cccc(Cl)c2)nn1. The molecular formula is C27H35ClN4O8. The lowest BCUT2D eigenvalue weighted by Crippen LogP contribution is -2.48. The lowest BCUT2D eigenvalue weighted by atomic mass is 9.94. The molecular weight excluding hydrogens is 544 g/mol. The number of carbonyl (C=O) groups is 4. The molecule has 1 amide bonds. The van der Waals surface area contributed by atoms with E-state index in [-0.39, 0.29) is 13.0 Å². The van der Waals surface area contributed by atoms with Gasteiger partial charge in [0.2, 0.25) is 0 Å². The van der Waals surface area contributed by atoms with Crippen molar-refractivity contribution in [2.45, 2.75) is 78.4 Å². The van der Waals surface area contributed by atoms with Crippen LogP contribution in [0.3, 0.4) is 0 Å². The Kier molecular flexibility index (Phi) is 10.1. The van der Waals surface area contributed by atoms with Crippen LogP contribution in [0.25, 0.3) is 11.3 Å². The highest BCUT2D eigenvalue weighted by atomic mass is 35.5. The molecule has 0 aliphatic carbocycles. The number of alkyl carbamates (subject to hydrolysis) is 1. The summed E-state index contributed by atoms with van der Waals surface area (Å²) in [7, 11) is 0. The number of ether oxygens (including phenoxy) is 4. The summed E-state index contributed by atoms with van der Waals surface area (Å²) in [6.45, 7) is 9.53. The first-order chi connectivity index (χ1) is 18.7. The van der Waals surface area contributed by atoms with E-state index in [1.165, 1.54) is 6.92 Å². The summed E-state index contributed by atoms with van der Waals surface area (Å²) >= 11 is 6.08. The van der Waals surface area contributed by atoms with Gasteiger partial charge in [0.05, 0.1) is 18.0 Å². The highest BCUT2D eigenvalue weighted by molar-refractivity contribution is 6.30. The van der Waals surface area contributed by atoms with Crippen LogP contribution in [0.4, 0.5) is 4.79 Å². The van der Waals surface area contributed by atoms with Gasteiger partial charge in [-0.05, 0) is 46.2 Å². The highest BCUT2D eigenvalue weighted by Gasteiger charge is 2.42. The number of hydrogen-bond donors (Lipinski definition) is 1. The molecule has 40 heavy (non-hydrogen) atoms. The predicted molar refractivity (Wildman–Crippen MR) is 143 cm³/mol. The number of nitrogens with one attached hydrogen (secondary N) is 1. The average molecular weight is 579 g/mol. The van der Waals surface area contributed by atoms with E-state index in [4.69, 9.17) is 30.5 Å². The van der Waals surface area contributed by atoms with Crippen molar-refractivity contribution in [3.63, 3.8) is 0 Å². The zero-order chi connectivity index (χ0) is 29.6. The van der Waals surface area contributed by atoms with Crippen molar-refractivity contribution in [1.82, 2.24) is 20.3 Å². The molecule has 1 aromatic carbocycles. The zero-order valence-electron chi connectivity index (χ0n) is 23.4. The van der Waals surface area contributed by atoms with E-state index >= 15 is 0 Å². The third kappa shape index (κ3) is 8.67. The van der Waals surface area contributed by atoms with E-state index in [0.29, 0.717) is 10.7 Å². The van der Waals surface area contributed by atoms with Crippen molar-refractivity contribution >= 4 is 35.6 Å². The maximum atomic E-state index is 13.3. The first kappa shape index (κ1) is 30.9. The molecule has 1 saturated heterocycles. The summed E-state index contributed by atoms with van der Waals surface area (Å²) in [5.41, 5.74) is 0.542. The fraction of sp³-hybridized carbons (Fsp3) is 0.556. The van der Waals surface area contributed by atoms with Gasteiger partial charge in [0.15, 0.2) is 12.1 Å². The summed E-state index contributed by atoms with van der Waals surface area (Å²) in [5, 5.41) is 11.2. The Morgan fingerprint density at radius 1 is 1.23 bits per heavy atom. The fourth-order valence-electron chi connectivity index (χ4n) is 3.87. The number of carbonyl (C=O) groups excluding carboxylic acids is 4. The summed E-state index contributed by atoms with van der Waals surface area (Å²) in [6, 6.07) is 5.82. The Balaban J connectivity index is 1.81. The number of rotatable bonds is 7. The van der Waals surface area contributed by atoms with Gasteiger partial charge in [0.25, 0.3) is 0 Å². The first-order valence-electron chi connectivity index (χ1n) is 13.0. The molecule has 4 atom stereocenters. The van der Waals surface area contributed by atoms with Crippen molar-refractivity contribution in [2.75, 3.05) is 6.61 Å². The van der Waals surface area contributed by atoms with Gasteiger partial charge in [-0.15, -0.1) is 5.10 Å². The van der Waals surface area contributed by atoms with Crippen LogP contribution in [0, 0.1) is 11.8 Å². The molecule has 0 saturated carbocycles. The van der Waals surface area contributed by atoms with Crippen LogP contribution in [0.2, 0.25) is 5.02 Å². The smallest absolute Gasteiger partial charge is 0.408 e. The topological polar surface area (TPSA) is 148 Å². The van der Waals surface area contributed by atoms with Crippen LogP contribution < -0.4 is 5.32 Å². The molecule has 1 aliphatic rings. The van der Waals surface area contributed by atoms with Gasteiger partial charge in [0.1, 0.15) is 24.0 Å².